The average Bonchev–Trinajstić information content (AvgIpc) is 2.92. The Labute approximate surface area is 154 Å². The summed E-state index contributed by atoms with van der Waals surface area (Å²) in [6.07, 6.45) is -2.46. The van der Waals surface area contributed by atoms with Crippen LogP contribution in [0.15, 0.2) is 66.2 Å². The molecule has 8 heteroatoms. The van der Waals surface area contributed by atoms with E-state index in [9.17, 15) is 13.2 Å². The summed E-state index contributed by atoms with van der Waals surface area (Å²) in [7, 11) is -5.04. The van der Waals surface area contributed by atoms with Gasteiger partial charge in [0.2, 0.25) is 17.4 Å². The van der Waals surface area contributed by atoms with E-state index in [4.69, 9.17) is 25.3 Å². The Morgan fingerprint density at radius 2 is 2.00 bits per heavy atom. The summed E-state index contributed by atoms with van der Waals surface area (Å²) >= 11 is 0. The van der Waals surface area contributed by atoms with Crippen LogP contribution in [-0.2, 0) is 29.5 Å². The van der Waals surface area contributed by atoms with Crippen molar-refractivity contribution >= 4 is 21.6 Å². The van der Waals surface area contributed by atoms with Gasteiger partial charge in [0.25, 0.3) is 0 Å². The molecule has 0 aromatic heterocycles. The minimum Gasteiger partial charge on any atom is -0.460 e. The molecule has 0 amide bonds. The second-order valence-corrected chi connectivity index (χ2v) is 6.40. The lowest BCUT2D eigenvalue weighted by molar-refractivity contribution is -0.123. The Balaban J connectivity index is 1.95. The van der Waals surface area contributed by atoms with E-state index in [2.05, 4.69) is 4.85 Å². The predicted octanol–water partition coefficient (Wildman–Crippen LogP) is 2.55. The van der Waals surface area contributed by atoms with Crippen molar-refractivity contribution in [1.29, 1.82) is 0 Å². The van der Waals surface area contributed by atoms with Gasteiger partial charge in [-0.1, -0.05) is 48.5 Å². The highest BCUT2D eigenvalue weighted by atomic mass is 32.2. The average molecular weight is 373 g/mol. The van der Waals surface area contributed by atoms with Gasteiger partial charge in [0, 0.05) is 0 Å². The van der Waals surface area contributed by atoms with Crippen LogP contribution in [0.5, 0.6) is 0 Å². The van der Waals surface area contributed by atoms with E-state index in [1.807, 2.05) is 0 Å². The molecule has 0 unspecified atom stereocenters. The van der Waals surface area contributed by atoms with Crippen LogP contribution < -0.4 is 5.73 Å². The van der Waals surface area contributed by atoms with Crippen molar-refractivity contribution in [1.82, 2.24) is 0 Å². The number of carbonyl (C=O) groups is 1. The van der Waals surface area contributed by atoms with Crippen LogP contribution in [0.1, 0.15) is 21.3 Å². The van der Waals surface area contributed by atoms with Crippen molar-refractivity contribution in [3.8, 4) is 0 Å². The van der Waals surface area contributed by atoms with Gasteiger partial charge in [-0.3, -0.25) is 4.79 Å². The largest absolute Gasteiger partial charge is 0.460 e. The number of nitrogens with zero attached hydrogens (tertiary/aromatic N) is 1. The molecule has 0 spiro atoms. The minimum absolute atomic E-state index is 0.0546. The van der Waals surface area contributed by atoms with E-state index in [-0.39, 0.29) is 16.8 Å². The molecule has 0 radical (unpaired) electrons. The highest BCUT2D eigenvalue weighted by molar-refractivity contribution is 7.86. The third-order valence-corrected chi connectivity index (χ3v) is 4.17. The van der Waals surface area contributed by atoms with Crippen molar-refractivity contribution in [3.05, 3.63) is 88.8 Å². The Kier molecular flexibility index (Phi) is 3.69. The number of carbonyl (C=O) groups excluding carboxylic acids is 1. The first-order valence-electron chi connectivity index (χ1n) is 8.74. The normalized spacial score (nSPS) is 22.0. The Bertz CT molecular complexity index is 1160. The van der Waals surface area contributed by atoms with Crippen molar-refractivity contribution in [3.63, 3.8) is 0 Å². The molecule has 3 rings (SSSR count). The lowest BCUT2D eigenvalue weighted by atomic mass is 10.1. The van der Waals surface area contributed by atoms with Gasteiger partial charge in [0.1, 0.15) is 5.70 Å². The van der Waals surface area contributed by atoms with Crippen molar-refractivity contribution in [2.45, 2.75) is 11.8 Å². The smallest absolute Gasteiger partial charge is 0.313 e. The number of benzene rings is 2. The minimum atomic E-state index is -5.04. The summed E-state index contributed by atoms with van der Waals surface area (Å²) in [6.45, 7) is 7.03. The zero-order valence-electron chi connectivity index (χ0n) is 16.2. The summed E-state index contributed by atoms with van der Waals surface area (Å²) in [5.41, 5.74) is 2.45. The highest BCUT2D eigenvalue weighted by Crippen LogP contribution is 2.34. The van der Waals surface area contributed by atoms with Crippen LogP contribution in [0.2, 0.25) is 0 Å². The molecule has 26 heavy (non-hydrogen) atoms. The zero-order valence-corrected chi connectivity index (χ0v) is 14.0. The number of nitrogens with two attached hydrogens (primary N) is 1. The molecule has 132 valence electrons. The summed E-state index contributed by atoms with van der Waals surface area (Å²) < 4.78 is 59.1. The predicted molar refractivity (Wildman–Crippen MR) is 92.9 cm³/mol. The monoisotopic (exact) mass is 373 g/mol. The molecule has 0 bridgehead atoms. The van der Waals surface area contributed by atoms with E-state index in [0.29, 0.717) is 0 Å². The van der Waals surface area contributed by atoms with E-state index in [1.54, 1.807) is 6.07 Å². The van der Waals surface area contributed by atoms with Crippen LogP contribution >= 0.6 is 0 Å². The fourth-order valence-electron chi connectivity index (χ4n) is 2.18. The van der Waals surface area contributed by atoms with Gasteiger partial charge in [0.15, 0.2) is 11.8 Å². The fraction of sp³-hybridized carbons (Fsp3) is 0.111. The van der Waals surface area contributed by atoms with Crippen LogP contribution in [0, 0.1) is 6.57 Å². The van der Waals surface area contributed by atoms with Gasteiger partial charge < -0.3 is 14.7 Å². The maximum absolute atomic E-state index is 12.7. The molecule has 1 heterocycles. The number of rotatable bonds is 5. The highest BCUT2D eigenvalue weighted by Gasteiger charge is 2.39. The maximum Gasteiger partial charge on any atom is 0.313 e. The van der Waals surface area contributed by atoms with Crippen molar-refractivity contribution in [2.75, 3.05) is 0 Å². The topological polar surface area (TPSA) is 100 Å². The third-order valence-electron chi connectivity index (χ3n) is 3.30. The Morgan fingerprint density at radius 3 is 2.69 bits per heavy atom. The number of hydrogen-bond donors (Lipinski definition) is 1. The van der Waals surface area contributed by atoms with Gasteiger partial charge in [-0.25, -0.2) is 4.85 Å². The lowest BCUT2D eigenvalue weighted by Gasteiger charge is -2.10. The maximum atomic E-state index is 12.7. The molecular weight excluding hydrogens is 356 g/mol. The Hall–Kier alpha value is -3.31. The molecule has 0 saturated heterocycles. The molecule has 1 atom stereocenters. The summed E-state index contributed by atoms with van der Waals surface area (Å²) in [5.74, 6) is -3.00. The van der Waals surface area contributed by atoms with Gasteiger partial charge in [0.05, 0.1) is 10.7 Å². The summed E-state index contributed by atoms with van der Waals surface area (Å²) in [4.78, 5) is 15.9. The molecule has 2 aromatic rings. The SMILES string of the molecule is [2H]C([2H])(c1ccccc1)S(=O)(=O)OC1=C(N)O[C@]([2H])(c2cccc([N+]#[C-])c2)C1=O. The molecule has 0 fully saturated rings. The van der Waals surface area contributed by atoms with Crippen LogP contribution in [0.4, 0.5) is 5.69 Å². The molecule has 2 N–H and O–H groups in total. The second-order valence-electron chi connectivity index (χ2n) is 5.12. The molecule has 2 aromatic carbocycles. The van der Waals surface area contributed by atoms with E-state index >= 15 is 0 Å². The Morgan fingerprint density at radius 1 is 1.27 bits per heavy atom. The first-order valence-corrected chi connectivity index (χ1v) is 8.65. The molecule has 0 aliphatic carbocycles. The summed E-state index contributed by atoms with van der Waals surface area (Å²) in [6, 6.07) is 12.4. The van der Waals surface area contributed by atoms with Gasteiger partial charge in [-0.2, -0.15) is 8.42 Å². The van der Waals surface area contributed by atoms with E-state index in [1.165, 1.54) is 48.5 Å². The zero-order chi connectivity index (χ0) is 21.4. The van der Waals surface area contributed by atoms with Crippen molar-refractivity contribution < 1.29 is 26.2 Å². The van der Waals surface area contributed by atoms with Crippen LogP contribution in [-0.4, -0.2) is 14.2 Å². The lowest BCUT2D eigenvalue weighted by Crippen LogP contribution is -2.16. The number of hydrogen-bond acceptors (Lipinski definition) is 6. The van der Waals surface area contributed by atoms with E-state index < -0.39 is 39.3 Å². The third kappa shape index (κ3) is 3.68. The molecule has 1 aliphatic rings. The van der Waals surface area contributed by atoms with Crippen LogP contribution in [0.3, 0.4) is 0 Å². The molecule has 1 aliphatic heterocycles. The quantitative estimate of drug-likeness (QED) is 0.639. The van der Waals surface area contributed by atoms with Gasteiger partial charge in [-0.15, -0.1) is 0 Å². The number of ether oxygens (including phenoxy) is 1. The first kappa shape index (κ1) is 13.9. The molecular formula is C18H14N2O5S. The number of ketones is 1. The van der Waals surface area contributed by atoms with Crippen LogP contribution in [0.25, 0.3) is 4.85 Å². The second kappa shape index (κ2) is 6.90. The van der Waals surface area contributed by atoms with E-state index in [0.717, 1.165) is 0 Å². The first-order chi connectivity index (χ1) is 13.5. The summed E-state index contributed by atoms with van der Waals surface area (Å²) in [5, 5.41) is 0. The standard InChI is InChI=1S/C18H14N2O5S/c1-20-14-9-5-8-13(10-14)16-15(21)17(18(19)24-16)25-26(22,23)11-12-6-3-2-4-7-12/h2-10,16H,11,19H2/t16-/m1/s1/i11D2,16D. The fourth-order valence-corrected chi connectivity index (χ4v) is 3.03. The molecule has 0 saturated carbocycles. The number of Topliss-reactive ketones (excluding diaryl/α,β-unsaturated/α-hetero) is 1. The van der Waals surface area contributed by atoms with Crippen molar-refractivity contribution in [2.24, 2.45) is 5.73 Å². The molecule has 7 nitrogen and oxygen atoms in total. The van der Waals surface area contributed by atoms with Gasteiger partial charge >= 0.3 is 10.1 Å². The van der Waals surface area contributed by atoms with Gasteiger partial charge in [-0.05, 0) is 17.2 Å².